The van der Waals surface area contributed by atoms with Crippen molar-refractivity contribution in [3.63, 3.8) is 0 Å². The first-order chi connectivity index (χ1) is 14.1. The summed E-state index contributed by atoms with van der Waals surface area (Å²) in [4.78, 5) is 15.3. The summed E-state index contributed by atoms with van der Waals surface area (Å²) in [6, 6.07) is 10.7. The van der Waals surface area contributed by atoms with Gasteiger partial charge in [0.1, 0.15) is 0 Å². The molecule has 29 heavy (non-hydrogen) atoms. The third-order valence-electron chi connectivity index (χ3n) is 7.12. The molecular weight excluding hydrogens is 364 g/mol. The lowest BCUT2D eigenvalue weighted by molar-refractivity contribution is 0.00212. The van der Waals surface area contributed by atoms with Crippen molar-refractivity contribution in [1.82, 2.24) is 20.0 Å². The van der Waals surface area contributed by atoms with Crippen molar-refractivity contribution in [2.24, 2.45) is 11.8 Å². The Labute approximate surface area is 172 Å². The number of ether oxygens (including phenoxy) is 1. The Hall–Kier alpha value is -2.18. The number of carbonyl (C=O) groups excluding carboxylic acids is 1. The van der Waals surface area contributed by atoms with E-state index >= 15 is 0 Å². The van der Waals surface area contributed by atoms with E-state index in [1.165, 1.54) is 5.56 Å². The maximum absolute atomic E-state index is 12.7. The van der Waals surface area contributed by atoms with Gasteiger partial charge in [-0.15, -0.1) is 0 Å². The first-order valence-corrected chi connectivity index (χ1v) is 10.8. The predicted molar refractivity (Wildman–Crippen MR) is 111 cm³/mol. The minimum absolute atomic E-state index is 0.00213. The molecule has 0 aliphatic carbocycles. The van der Waals surface area contributed by atoms with E-state index in [2.05, 4.69) is 45.6 Å². The molecule has 1 spiro atoms. The van der Waals surface area contributed by atoms with Gasteiger partial charge in [-0.25, -0.2) is 0 Å². The molecule has 4 atom stereocenters. The summed E-state index contributed by atoms with van der Waals surface area (Å²) in [6.45, 7) is 8.42. The van der Waals surface area contributed by atoms with E-state index in [0.717, 1.165) is 44.7 Å². The lowest BCUT2D eigenvalue weighted by Crippen LogP contribution is -2.42. The number of carbonyl (C=O) groups is 1. The molecule has 1 aromatic heterocycles. The normalized spacial score (nSPS) is 30.6. The lowest BCUT2D eigenvalue weighted by Gasteiger charge is -2.29. The summed E-state index contributed by atoms with van der Waals surface area (Å²) < 4.78 is 8.36. The molecule has 5 rings (SSSR count). The van der Waals surface area contributed by atoms with E-state index in [0.29, 0.717) is 30.0 Å². The molecule has 0 unspecified atom stereocenters. The fourth-order valence-corrected chi connectivity index (χ4v) is 5.73. The zero-order valence-corrected chi connectivity index (χ0v) is 17.3. The minimum Gasteiger partial charge on any atom is -0.370 e. The number of aryl methyl sites for hydroxylation is 2. The molecule has 4 heterocycles. The molecule has 3 fully saturated rings. The van der Waals surface area contributed by atoms with Gasteiger partial charge in [0.2, 0.25) is 0 Å². The van der Waals surface area contributed by atoms with E-state index in [-0.39, 0.29) is 11.5 Å². The highest BCUT2D eigenvalue weighted by molar-refractivity contribution is 5.95. The quantitative estimate of drug-likeness (QED) is 0.818. The van der Waals surface area contributed by atoms with Gasteiger partial charge < -0.3 is 10.1 Å². The third kappa shape index (κ3) is 3.28. The van der Waals surface area contributed by atoms with Crippen LogP contribution in [0.1, 0.15) is 41.4 Å². The van der Waals surface area contributed by atoms with Gasteiger partial charge in [0.25, 0.3) is 5.91 Å². The Morgan fingerprint density at radius 3 is 2.93 bits per heavy atom. The Morgan fingerprint density at radius 2 is 2.17 bits per heavy atom. The van der Waals surface area contributed by atoms with Gasteiger partial charge in [-0.05, 0) is 32.3 Å². The topological polar surface area (TPSA) is 59.4 Å². The molecule has 0 saturated carbocycles. The molecule has 3 aliphatic rings. The number of nitrogens with one attached hydrogen (secondary N) is 1. The highest BCUT2D eigenvalue weighted by atomic mass is 16.5. The Morgan fingerprint density at radius 1 is 1.34 bits per heavy atom. The van der Waals surface area contributed by atoms with Gasteiger partial charge in [0.15, 0.2) is 0 Å². The van der Waals surface area contributed by atoms with Crippen molar-refractivity contribution in [3.8, 4) is 0 Å². The smallest absolute Gasteiger partial charge is 0.254 e. The van der Waals surface area contributed by atoms with Gasteiger partial charge in [0, 0.05) is 50.8 Å². The van der Waals surface area contributed by atoms with Gasteiger partial charge >= 0.3 is 0 Å². The first-order valence-electron chi connectivity index (χ1n) is 10.8. The van der Waals surface area contributed by atoms with E-state index in [9.17, 15) is 4.79 Å². The average molecular weight is 395 g/mol. The third-order valence-corrected chi connectivity index (χ3v) is 7.12. The number of aromatic nitrogens is 2. The zero-order valence-electron chi connectivity index (χ0n) is 17.3. The van der Waals surface area contributed by atoms with Crippen LogP contribution >= 0.6 is 0 Å². The van der Waals surface area contributed by atoms with Gasteiger partial charge in [-0.2, -0.15) is 5.10 Å². The van der Waals surface area contributed by atoms with Crippen molar-refractivity contribution in [2.75, 3.05) is 19.6 Å². The van der Waals surface area contributed by atoms with Crippen LogP contribution in [-0.2, 0) is 17.8 Å². The van der Waals surface area contributed by atoms with Gasteiger partial charge in [0.05, 0.1) is 23.0 Å². The lowest BCUT2D eigenvalue weighted by atomic mass is 9.73. The molecule has 3 saturated heterocycles. The summed E-state index contributed by atoms with van der Waals surface area (Å²) in [7, 11) is 0. The van der Waals surface area contributed by atoms with Crippen molar-refractivity contribution >= 4 is 5.91 Å². The number of hydrogen-bond donors (Lipinski definition) is 1. The average Bonchev–Trinajstić information content (AvgIpc) is 3.46. The number of likely N-dealkylation sites (tertiary alicyclic amines) is 1. The van der Waals surface area contributed by atoms with Gasteiger partial charge in [-0.3, -0.25) is 14.4 Å². The number of amides is 1. The van der Waals surface area contributed by atoms with Crippen LogP contribution in [0.5, 0.6) is 0 Å². The molecule has 6 heteroatoms. The SMILES string of the molecule is CCn1cc(C(=O)NC[C@H]2[C@H]3CN(Cc4ccccc4)C[C@]34CC[C@H]2O4)c(C)n1. The molecule has 6 nitrogen and oxygen atoms in total. The second-order valence-electron chi connectivity index (χ2n) is 8.88. The van der Waals surface area contributed by atoms with Crippen LogP contribution in [0.4, 0.5) is 0 Å². The maximum atomic E-state index is 12.7. The minimum atomic E-state index is -0.0156. The molecular formula is C23H30N4O2. The number of fused-ring (bicyclic) bond motifs is 1. The van der Waals surface area contributed by atoms with E-state index in [1.54, 1.807) is 0 Å². The van der Waals surface area contributed by atoms with Crippen LogP contribution in [0.2, 0.25) is 0 Å². The standard InChI is InChI=1S/C23H30N4O2/c1-3-27-13-19(16(2)25-27)22(28)24-11-18-20-14-26(12-17-7-5-4-6-8-17)15-23(20)10-9-21(18)29-23/h4-8,13,18,20-21H,3,9-12,14-15H2,1-2H3,(H,24,28)/t18-,20+,21+,23+/m0/s1. The summed E-state index contributed by atoms with van der Waals surface area (Å²) in [6.07, 6.45) is 4.41. The van der Waals surface area contributed by atoms with Crippen molar-refractivity contribution in [3.05, 3.63) is 53.3 Å². The number of nitrogens with zero attached hydrogens (tertiary/aromatic N) is 3. The van der Waals surface area contributed by atoms with Crippen molar-refractivity contribution in [1.29, 1.82) is 0 Å². The molecule has 2 bridgehead atoms. The Balaban J connectivity index is 1.24. The summed E-state index contributed by atoms with van der Waals surface area (Å²) in [5.41, 5.74) is 2.83. The number of hydrogen-bond acceptors (Lipinski definition) is 4. The maximum Gasteiger partial charge on any atom is 0.254 e. The second kappa shape index (κ2) is 7.26. The van der Waals surface area contributed by atoms with E-state index in [4.69, 9.17) is 4.74 Å². The van der Waals surface area contributed by atoms with E-state index in [1.807, 2.05) is 24.7 Å². The highest BCUT2D eigenvalue weighted by Crippen LogP contribution is 2.54. The van der Waals surface area contributed by atoms with Crippen LogP contribution in [0.15, 0.2) is 36.5 Å². The van der Waals surface area contributed by atoms with Crippen LogP contribution in [-0.4, -0.2) is 51.9 Å². The molecule has 2 aromatic rings. The first kappa shape index (κ1) is 18.8. The Bertz CT molecular complexity index is 896. The van der Waals surface area contributed by atoms with Gasteiger partial charge in [-0.1, -0.05) is 30.3 Å². The van der Waals surface area contributed by atoms with Crippen LogP contribution in [0.25, 0.3) is 0 Å². The summed E-state index contributed by atoms with van der Waals surface area (Å²) >= 11 is 0. The van der Waals surface area contributed by atoms with Crippen LogP contribution < -0.4 is 5.32 Å². The summed E-state index contributed by atoms with van der Waals surface area (Å²) in [5.74, 6) is 0.887. The predicted octanol–water partition coefficient (Wildman–Crippen LogP) is 2.62. The molecule has 1 aromatic carbocycles. The summed E-state index contributed by atoms with van der Waals surface area (Å²) in [5, 5.41) is 7.58. The Kier molecular flexibility index (Phi) is 4.71. The van der Waals surface area contributed by atoms with Crippen molar-refractivity contribution < 1.29 is 9.53 Å². The monoisotopic (exact) mass is 394 g/mol. The van der Waals surface area contributed by atoms with Crippen LogP contribution in [0, 0.1) is 18.8 Å². The molecule has 1 N–H and O–H groups in total. The number of benzene rings is 1. The number of rotatable bonds is 6. The highest BCUT2D eigenvalue weighted by Gasteiger charge is 2.62. The second-order valence-corrected chi connectivity index (χ2v) is 8.88. The molecule has 0 radical (unpaired) electrons. The van der Waals surface area contributed by atoms with Crippen molar-refractivity contribution in [2.45, 2.75) is 51.5 Å². The fourth-order valence-electron chi connectivity index (χ4n) is 5.73. The van der Waals surface area contributed by atoms with Crippen LogP contribution in [0.3, 0.4) is 0 Å². The molecule has 1 amide bonds. The zero-order chi connectivity index (χ0) is 20.0. The van der Waals surface area contributed by atoms with E-state index < -0.39 is 0 Å². The largest absolute Gasteiger partial charge is 0.370 e. The molecule has 154 valence electrons. The molecule has 3 aliphatic heterocycles. The fraction of sp³-hybridized carbons (Fsp3) is 0.565.